The number of anilines is 1. The minimum atomic E-state index is -1.00. The second-order valence-electron chi connectivity index (χ2n) is 8.38. The molecule has 1 aromatic heterocycles. The smallest absolute Gasteiger partial charge is 0.308 e. The number of nitrogen functional groups attached to an aromatic ring is 1. The number of aryl methyl sites for hydroxylation is 1. The molecule has 6 heteroatoms. The van der Waals surface area contributed by atoms with Crippen LogP contribution in [0.4, 0.5) is 5.69 Å². The van der Waals surface area contributed by atoms with E-state index in [1.54, 1.807) is 0 Å². The number of carbonyl (C=O) groups is 1. The van der Waals surface area contributed by atoms with Crippen molar-refractivity contribution in [1.82, 2.24) is 4.98 Å². The van der Waals surface area contributed by atoms with Crippen LogP contribution >= 0.6 is 11.3 Å². The Labute approximate surface area is 177 Å². The van der Waals surface area contributed by atoms with Crippen LogP contribution < -0.4 is 5.73 Å². The lowest BCUT2D eigenvalue weighted by atomic mass is 9.74. The summed E-state index contributed by atoms with van der Waals surface area (Å²) in [6, 6.07) is 5.96. The summed E-state index contributed by atoms with van der Waals surface area (Å²) < 4.78 is 5.38. The number of hydrogen-bond acceptors (Lipinski definition) is 6. The van der Waals surface area contributed by atoms with Gasteiger partial charge in [0.2, 0.25) is 0 Å². The first-order chi connectivity index (χ1) is 13.8. The lowest BCUT2D eigenvalue weighted by Gasteiger charge is -2.36. The van der Waals surface area contributed by atoms with Crippen LogP contribution in [-0.4, -0.2) is 22.7 Å². The van der Waals surface area contributed by atoms with E-state index >= 15 is 0 Å². The fourth-order valence-corrected chi connectivity index (χ4v) is 5.13. The number of unbranched alkanes of at least 4 members (excludes halogenated alkanes) is 1. The molecule has 0 spiro atoms. The van der Waals surface area contributed by atoms with Gasteiger partial charge in [0.25, 0.3) is 0 Å². The van der Waals surface area contributed by atoms with Crippen molar-refractivity contribution in [2.24, 2.45) is 11.8 Å². The third-order valence-corrected chi connectivity index (χ3v) is 7.19. The molecule has 158 valence electrons. The summed E-state index contributed by atoms with van der Waals surface area (Å²) in [5, 5.41) is 12.0. The van der Waals surface area contributed by atoms with Crippen molar-refractivity contribution in [2.45, 2.75) is 64.9 Å². The Hall–Kier alpha value is -1.92. The molecule has 3 rings (SSSR count). The van der Waals surface area contributed by atoms with Gasteiger partial charge in [-0.05, 0) is 75.1 Å². The number of benzene rings is 1. The van der Waals surface area contributed by atoms with E-state index in [1.165, 1.54) is 11.3 Å². The maximum absolute atomic E-state index is 12.2. The quantitative estimate of drug-likeness (QED) is 0.374. The molecule has 0 aliphatic heterocycles. The van der Waals surface area contributed by atoms with Crippen LogP contribution in [0, 0.1) is 18.8 Å². The van der Waals surface area contributed by atoms with Gasteiger partial charge in [0.1, 0.15) is 10.6 Å². The molecule has 3 N–H and O–H groups in total. The largest absolute Gasteiger partial charge is 0.465 e. The maximum Gasteiger partial charge on any atom is 0.308 e. The summed E-state index contributed by atoms with van der Waals surface area (Å²) in [6.07, 6.45) is 6.87. The Morgan fingerprint density at radius 1 is 1.31 bits per heavy atom. The molecule has 2 aromatic rings. The number of aromatic nitrogens is 1. The van der Waals surface area contributed by atoms with Gasteiger partial charge in [-0.3, -0.25) is 4.79 Å². The first-order valence-electron chi connectivity index (χ1n) is 10.5. The first-order valence-corrected chi connectivity index (χ1v) is 11.4. The summed E-state index contributed by atoms with van der Waals surface area (Å²) in [7, 11) is 0. The molecule has 29 heavy (non-hydrogen) atoms. The average Bonchev–Trinajstić information content (AvgIpc) is 3.19. The van der Waals surface area contributed by atoms with Crippen molar-refractivity contribution >= 4 is 23.0 Å². The lowest BCUT2D eigenvalue weighted by molar-refractivity contribution is -0.151. The zero-order chi connectivity index (χ0) is 21.0. The third kappa shape index (κ3) is 5.17. The Kier molecular flexibility index (Phi) is 6.96. The second-order valence-corrected chi connectivity index (χ2v) is 9.41. The Bertz CT molecular complexity index is 818. The van der Waals surface area contributed by atoms with Gasteiger partial charge in [-0.2, -0.15) is 0 Å². The van der Waals surface area contributed by atoms with E-state index in [-0.39, 0.29) is 17.8 Å². The number of hydrogen-bond donors (Lipinski definition) is 2. The molecule has 1 fully saturated rings. The molecule has 1 aromatic carbocycles. The number of esters is 1. The van der Waals surface area contributed by atoms with Gasteiger partial charge in [-0.1, -0.05) is 19.4 Å². The minimum absolute atomic E-state index is 0.0407. The molecular weight excluding hydrogens is 384 g/mol. The Morgan fingerprint density at radius 2 is 2.03 bits per heavy atom. The van der Waals surface area contributed by atoms with Crippen molar-refractivity contribution in [3.63, 3.8) is 0 Å². The molecule has 1 aliphatic rings. The average molecular weight is 417 g/mol. The van der Waals surface area contributed by atoms with E-state index in [0.29, 0.717) is 6.61 Å². The topological polar surface area (TPSA) is 85.4 Å². The van der Waals surface area contributed by atoms with E-state index in [2.05, 4.69) is 18.0 Å². The standard InChI is InChI=1S/C23H32N2O3S/c1-4-5-10-28-21(26)16-6-8-18(9-7-16)23(3,27)22-25-14-20(29-22)17-11-15(2)12-19(24)13-17/h11-14,16,18,27H,4-10,24H2,1-3H3. The summed E-state index contributed by atoms with van der Waals surface area (Å²) in [4.78, 5) is 17.8. The molecule has 1 atom stereocenters. The van der Waals surface area contributed by atoms with Gasteiger partial charge in [0.05, 0.1) is 17.4 Å². The third-order valence-electron chi connectivity index (χ3n) is 5.92. The molecule has 1 heterocycles. The molecule has 1 unspecified atom stereocenters. The Balaban J connectivity index is 1.64. The van der Waals surface area contributed by atoms with Gasteiger partial charge in [-0.25, -0.2) is 4.98 Å². The van der Waals surface area contributed by atoms with E-state index in [1.807, 2.05) is 32.2 Å². The van der Waals surface area contributed by atoms with Crippen LogP contribution in [0.25, 0.3) is 10.4 Å². The van der Waals surface area contributed by atoms with Crippen LogP contribution in [0.1, 0.15) is 62.9 Å². The first kappa shape index (κ1) is 21.8. The number of nitrogens with zero attached hydrogens (tertiary/aromatic N) is 1. The van der Waals surface area contributed by atoms with Crippen molar-refractivity contribution in [3.8, 4) is 10.4 Å². The normalized spacial score (nSPS) is 21.5. The van der Waals surface area contributed by atoms with Gasteiger partial charge in [-0.15, -0.1) is 11.3 Å². The summed E-state index contributed by atoms with van der Waals surface area (Å²) in [5.74, 6) is -0.0325. The number of carbonyl (C=O) groups excluding carboxylic acids is 1. The van der Waals surface area contributed by atoms with Crippen LogP contribution in [0.2, 0.25) is 0 Å². The van der Waals surface area contributed by atoms with E-state index in [9.17, 15) is 9.90 Å². The molecule has 0 saturated heterocycles. The number of ether oxygens (including phenoxy) is 1. The maximum atomic E-state index is 12.2. The fraction of sp³-hybridized carbons (Fsp3) is 0.565. The van der Waals surface area contributed by atoms with E-state index in [0.717, 1.165) is 65.2 Å². The minimum Gasteiger partial charge on any atom is -0.465 e. The number of aliphatic hydroxyl groups is 1. The SMILES string of the molecule is CCCCOC(=O)C1CCC(C(C)(O)c2ncc(-c3cc(C)cc(N)c3)s2)CC1. The van der Waals surface area contributed by atoms with Gasteiger partial charge in [0.15, 0.2) is 0 Å². The van der Waals surface area contributed by atoms with E-state index < -0.39 is 5.60 Å². The summed E-state index contributed by atoms with van der Waals surface area (Å²) in [6.45, 7) is 6.46. The van der Waals surface area contributed by atoms with Crippen molar-refractivity contribution in [3.05, 3.63) is 35.0 Å². The molecule has 1 saturated carbocycles. The van der Waals surface area contributed by atoms with Crippen LogP contribution in [0.5, 0.6) is 0 Å². The van der Waals surface area contributed by atoms with Gasteiger partial charge >= 0.3 is 5.97 Å². The number of nitrogens with two attached hydrogens (primary N) is 1. The highest BCUT2D eigenvalue weighted by molar-refractivity contribution is 7.15. The molecule has 1 aliphatic carbocycles. The molecule has 5 nitrogen and oxygen atoms in total. The van der Waals surface area contributed by atoms with E-state index in [4.69, 9.17) is 10.5 Å². The van der Waals surface area contributed by atoms with Crippen molar-refractivity contribution < 1.29 is 14.6 Å². The van der Waals surface area contributed by atoms with Gasteiger partial charge < -0.3 is 15.6 Å². The van der Waals surface area contributed by atoms with Crippen LogP contribution in [0.3, 0.4) is 0 Å². The molecular formula is C23H32N2O3S. The highest BCUT2D eigenvalue weighted by Gasteiger charge is 2.40. The monoisotopic (exact) mass is 416 g/mol. The van der Waals surface area contributed by atoms with Gasteiger partial charge in [0, 0.05) is 11.9 Å². The second kappa shape index (κ2) is 9.26. The summed E-state index contributed by atoms with van der Waals surface area (Å²) in [5.41, 5.74) is 7.83. The molecule has 0 bridgehead atoms. The predicted octanol–water partition coefficient (Wildman–Crippen LogP) is 5.06. The predicted molar refractivity (Wildman–Crippen MR) is 118 cm³/mol. The number of thiazole rings is 1. The summed E-state index contributed by atoms with van der Waals surface area (Å²) >= 11 is 1.52. The number of rotatable bonds is 7. The van der Waals surface area contributed by atoms with Crippen LogP contribution in [-0.2, 0) is 15.1 Å². The van der Waals surface area contributed by atoms with Crippen LogP contribution in [0.15, 0.2) is 24.4 Å². The highest BCUT2D eigenvalue weighted by atomic mass is 32.1. The van der Waals surface area contributed by atoms with Crippen molar-refractivity contribution in [1.29, 1.82) is 0 Å². The molecule has 0 amide bonds. The molecule has 0 radical (unpaired) electrons. The fourth-order valence-electron chi connectivity index (χ4n) is 4.10. The zero-order valence-corrected chi connectivity index (χ0v) is 18.4. The lowest BCUT2D eigenvalue weighted by Crippen LogP contribution is -2.36. The highest BCUT2D eigenvalue weighted by Crippen LogP contribution is 2.43. The van der Waals surface area contributed by atoms with Crippen molar-refractivity contribution in [2.75, 3.05) is 12.3 Å². The Morgan fingerprint density at radius 3 is 2.69 bits per heavy atom. The zero-order valence-electron chi connectivity index (χ0n) is 17.6.